The molecule has 19 heavy (non-hydrogen) atoms. The zero-order chi connectivity index (χ0) is 13.4. The lowest BCUT2D eigenvalue weighted by Gasteiger charge is -2.01. The van der Waals surface area contributed by atoms with Crippen LogP contribution in [0.1, 0.15) is 5.56 Å². The van der Waals surface area contributed by atoms with E-state index in [1.165, 1.54) is 11.3 Å². The molecule has 5 heteroatoms. The van der Waals surface area contributed by atoms with Crippen molar-refractivity contribution in [2.24, 2.45) is 0 Å². The SMILES string of the molecule is Cc1csc(-c2onc(N)c2-c2ccccc2)c1Cl. The average molecular weight is 291 g/mol. The Bertz CT molecular complexity index is 718. The van der Waals surface area contributed by atoms with Crippen LogP contribution in [-0.4, -0.2) is 5.16 Å². The van der Waals surface area contributed by atoms with Gasteiger partial charge in [-0.15, -0.1) is 11.3 Å². The third-order valence-corrected chi connectivity index (χ3v) is 4.58. The second-order valence-electron chi connectivity index (χ2n) is 4.20. The van der Waals surface area contributed by atoms with Gasteiger partial charge in [-0.1, -0.05) is 47.1 Å². The van der Waals surface area contributed by atoms with Crippen LogP contribution in [0.3, 0.4) is 0 Å². The van der Waals surface area contributed by atoms with Gasteiger partial charge < -0.3 is 10.3 Å². The van der Waals surface area contributed by atoms with Crippen molar-refractivity contribution in [3.63, 3.8) is 0 Å². The van der Waals surface area contributed by atoms with Crippen LogP contribution in [0.2, 0.25) is 5.02 Å². The van der Waals surface area contributed by atoms with Gasteiger partial charge in [-0.2, -0.15) is 0 Å². The number of halogens is 1. The van der Waals surface area contributed by atoms with Gasteiger partial charge in [0, 0.05) is 0 Å². The van der Waals surface area contributed by atoms with E-state index in [2.05, 4.69) is 5.16 Å². The smallest absolute Gasteiger partial charge is 0.188 e. The lowest BCUT2D eigenvalue weighted by molar-refractivity contribution is 0.437. The largest absolute Gasteiger partial charge is 0.380 e. The second-order valence-corrected chi connectivity index (χ2v) is 5.46. The molecule has 3 rings (SSSR count). The number of rotatable bonds is 2. The number of nitrogens with zero attached hydrogens (tertiary/aromatic N) is 1. The maximum Gasteiger partial charge on any atom is 0.188 e. The van der Waals surface area contributed by atoms with Crippen molar-refractivity contribution < 1.29 is 4.52 Å². The number of nitrogen functional groups attached to an aromatic ring is 1. The third kappa shape index (κ3) is 2.03. The van der Waals surface area contributed by atoms with E-state index in [0.717, 1.165) is 21.6 Å². The highest BCUT2D eigenvalue weighted by Crippen LogP contribution is 2.43. The monoisotopic (exact) mass is 290 g/mol. The summed E-state index contributed by atoms with van der Waals surface area (Å²) >= 11 is 7.82. The number of benzene rings is 1. The van der Waals surface area contributed by atoms with Crippen molar-refractivity contribution in [3.8, 4) is 21.8 Å². The van der Waals surface area contributed by atoms with Crippen LogP contribution >= 0.6 is 22.9 Å². The van der Waals surface area contributed by atoms with E-state index in [1.54, 1.807) is 0 Å². The molecule has 1 aromatic carbocycles. The van der Waals surface area contributed by atoms with Crippen LogP contribution in [0.5, 0.6) is 0 Å². The van der Waals surface area contributed by atoms with E-state index in [4.69, 9.17) is 21.9 Å². The minimum Gasteiger partial charge on any atom is -0.380 e. The first-order valence-electron chi connectivity index (χ1n) is 5.73. The van der Waals surface area contributed by atoms with Crippen LogP contribution in [0.15, 0.2) is 40.2 Å². The van der Waals surface area contributed by atoms with Gasteiger partial charge in [0.25, 0.3) is 0 Å². The van der Waals surface area contributed by atoms with E-state index >= 15 is 0 Å². The van der Waals surface area contributed by atoms with Crippen molar-refractivity contribution in [2.75, 3.05) is 5.73 Å². The number of nitrogens with two attached hydrogens (primary N) is 1. The highest BCUT2D eigenvalue weighted by atomic mass is 35.5. The fraction of sp³-hybridized carbons (Fsp3) is 0.0714. The van der Waals surface area contributed by atoms with Crippen LogP contribution in [-0.2, 0) is 0 Å². The molecule has 0 radical (unpaired) electrons. The summed E-state index contributed by atoms with van der Waals surface area (Å²) < 4.78 is 5.38. The number of hydrogen-bond acceptors (Lipinski definition) is 4. The summed E-state index contributed by atoms with van der Waals surface area (Å²) in [6, 6.07) is 9.80. The molecule has 0 aliphatic heterocycles. The Hall–Kier alpha value is -1.78. The molecule has 0 aliphatic carbocycles. The zero-order valence-electron chi connectivity index (χ0n) is 10.2. The minimum absolute atomic E-state index is 0.378. The van der Waals surface area contributed by atoms with Gasteiger partial charge >= 0.3 is 0 Å². The van der Waals surface area contributed by atoms with Gasteiger partial charge in [0.05, 0.1) is 15.5 Å². The minimum atomic E-state index is 0.378. The normalized spacial score (nSPS) is 10.8. The molecule has 3 nitrogen and oxygen atoms in total. The Kier molecular flexibility index (Phi) is 3.05. The van der Waals surface area contributed by atoms with Crippen molar-refractivity contribution in [1.29, 1.82) is 0 Å². The molecular formula is C14H11ClN2OS. The van der Waals surface area contributed by atoms with E-state index in [0.29, 0.717) is 16.6 Å². The highest BCUT2D eigenvalue weighted by molar-refractivity contribution is 7.14. The van der Waals surface area contributed by atoms with E-state index in [-0.39, 0.29) is 0 Å². The van der Waals surface area contributed by atoms with Crippen molar-refractivity contribution in [3.05, 3.63) is 46.3 Å². The van der Waals surface area contributed by atoms with Gasteiger partial charge in [-0.3, -0.25) is 0 Å². The van der Waals surface area contributed by atoms with E-state index in [9.17, 15) is 0 Å². The van der Waals surface area contributed by atoms with Gasteiger partial charge in [0.15, 0.2) is 11.6 Å². The molecule has 0 saturated carbocycles. The molecule has 2 heterocycles. The molecule has 0 fully saturated rings. The van der Waals surface area contributed by atoms with Gasteiger partial charge in [0.1, 0.15) is 0 Å². The molecule has 2 aromatic heterocycles. The Morgan fingerprint density at radius 1 is 1.26 bits per heavy atom. The summed E-state index contributed by atoms with van der Waals surface area (Å²) in [6.45, 7) is 1.96. The lowest BCUT2D eigenvalue weighted by Crippen LogP contribution is -1.88. The third-order valence-electron chi connectivity index (χ3n) is 2.89. The Labute approximate surface area is 119 Å². The predicted octanol–water partition coefficient (Wildman–Crippen LogP) is 4.61. The summed E-state index contributed by atoms with van der Waals surface area (Å²) in [4.78, 5) is 0.863. The molecule has 2 N–H and O–H groups in total. The Morgan fingerprint density at radius 3 is 2.63 bits per heavy atom. The standard InChI is InChI=1S/C14H11ClN2OS/c1-8-7-19-13(11(8)15)12-10(14(16)17-18-12)9-5-3-2-4-6-9/h2-7H,1H3,(H2,16,17). The van der Waals surface area contributed by atoms with Crippen molar-refractivity contribution in [1.82, 2.24) is 5.16 Å². The number of aryl methyl sites for hydroxylation is 1. The fourth-order valence-corrected chi connectivity index (χ4v) is 3.19. The highest BCUT2D eigenvalue weighted by Gasteiger charge is 2.21. The van der Waals surface area contributed by atoms with Gasteiger partial charge in [0.2, 0.25) is 0 Å². The average Bonchev–Trinajstić information content (AvgIpc) is 2.95. The van der Waals surface area contributed by atoms with Crippen LogP contribution in [0.25, 0.3) is 21.8 Å². The van der Waals surface area contributed by atoms with E-state index < -0.39 is 0 Å². The molecule has 0 bridgehead atoms. The summed E-state index contributed by atoms with van der Waals surface area (Å²) in [5, 5.41) is 6.55. The van der Waals surface area contributed by atoms with E-state index in [1.807, 2.05) is 42.6 Å². The topological polar surface area (TPSA) is 52.0 Å². The maximum absolute atomic E-state index is 6.29. The maximum atomic E-state index is 6.29. The lowest BCUT2D eigenvalue weighted by atomic mass is 10.1. The molecule has 0 saturated heterocycles. The number of anilines is 1. The molecule has 0 aliphatic rings. The summed E-state index contributed by atoms with van der Waals surface area (Å²) in [5.74, 6) is 1.01. The molecule has 0 unspecified atom stereocenters. The number of aromatic nitrogens is 1. The number of thiophene rings is 1. The molecule has 0 amide bonds. The molecule has 0 atom stereocenters. The second kappa shape index (κ2) is 4.72. The van der Waals surface area contributed by atoms with Gasteiger partial charge in [-0.05, 0) is 23.4 Å². The fourth-order valence-electron chi connectivity index (χ4n) is 1.92. The summed E-state index contributed by atoms with van der Waals surface area (Å²) in [7, 11) is 0. The molecule has 0 spiro atoms. The van der Waals surface area contributed by atoms with Crippen molar-refractivity contribution >= 4 is 28.8 Å². The van der Waals surface area contributed by atoms with Crippen molar-refractivity contribution in [2.45, 2.75) is 6.92 Å². The Balaban J connectivity index is 2.22. The van der Waals surface area contributed by atoms with Crippen LogP contribution in [0, 0.1) is 6.92 Å². The zero-order valence-corrected chi connectivity index (χ0v) is 11.8. The van der Waals surface area contributed by atoms with Gasteiger partial charge in [-0.25, -0.2) is 0 Å². The summed E-state index contributed by atoms with van der Waals surface area (Å²) in [6.07, 6.45) is 0. The molecule has 96 valence electrons. The molecule has 3 aromatic rings. The summed E-state index contributed by atoms with van der Waals surface area (Å²) in [5.41, 5.74) is 8.71. The Morgan fingerprint density at radius 2 is 2.00 bits per heavy atom. The molecular weight excluding hydrogens is 280 g/mol. The van der Waals surface area contributed by atoms with Crippen LogP contribution < -0.4 is 5.73 Å². The van der Waals surface area contributed by atoms with Crippen LogP contribution in [0.4, 0.5) is 5.82 Å². The quantitative estimate of drug-likeness (QED) is 0.749. The predicted molar refractivity (Wildman–Crippen MR) is 79.4 cm³/mol. The number of hydrogen-bond donors (Lipinski definition) is 1. The first kappa shape index (κ1) is 12.3. The first-order chi connectivity index (χ1) is 9.18. The first-order valence-corrected chi connectivity index (χ1v) is 6.98.